The van der Waals surface area contributed by atoms with Gasteiger partial charge >= 0.3 is 5.97 Å². The minimum Gasteiger partial charge on any atom is -0.508 e. The Bertz CT molecular complexity index is 941. The molecule has 1 unspecified atom stereocenters. The molecular weight excluding hydrogens is 392 g/mol. The number of carbonyl (C=O) groups is 1. The van der Waals surface area contributed by atoms with E-state index < -0.39 is 5.97 Å². The second kappa shape index (κ2) is 11.9. The number of esters is 1. The zero-order valence-electron chi connectivity index (χ0n) is 17.7. The van der Waals surface area contributed by atoms with E-state index in [1.807, 2.05) is 66.7 Å². The van der Waals surface area contributed by atoms with Crippen LogP contribution in [0.4, 0.5) is 0 Å². The van der Waals surface area contributed by atoms with Crippen molar-refractivity contribution in [3.63, 3.8) is 0 Å². The van der Waals surface area contributed by atoms with Gasteiger partial charge < -0.3 is 19.3 Å². The molecule has 5 heteroatoms. The van der Waals surface area contributed by atoms with Gasteiger partial charge in [-0.1, -0.05) is 72.8 Å². The van der Waals surface area contributed by atoms with Gasteiger partial charge in [0.15, 0.2) is 0 Å². The summed E-state index contributed by atoms with van der Waals surface area (Å²) in [5.74, 6) is -0.337. The van der Waals surface area contributed by atoms with Crippen molar-refractivity contribution in [2.45, 2.75) is 32.2 Å². The summed E-state index contributed by atoms with van der Waals surface area (Å²) in [6.45, 7) is 1.50. The van der Waals surface area contributed by atoms with Gasteiger partial charge in [-0.2, -0.15) is 0 Å². The molecule has 3 aromatic rings. The van der Waals surface area contributed by atoms with Gasteiger partial charge in [-0.05, 0) is 22.8 Å². The molecule has 0 aliphatic heterocycles. The van der Waals surface area contributed by atoms with Gasteiger partial charge in [-0.25, -0.2) is 0 Å². The van der Waals surface area contributed by atoms with E-state index in [-0.39, 0.29) is 18.3 Å². The first-order valence-electron chi connectivity index (χ1n) is 10.3. The molecule has 1 atom stereocenters. The zero-order chi connectivity index (χ0) is 21.9. The Hall–Kier alpha value is -3.15. The summed E-state index contributed by atoms with van der Waals surface area (Å²) in [6, 6.07) is 25.2. The van der Waals surface area contributed by atoms with Crippen LogP contribution in [0.3, 0.4) is 0 Å². The first kappa shape index (κ1) is 22.5. The summed E-state index contributed by atoms with van der Waals surface area (Å²) in [7, 11) is 1.33. The third-order valence-corrected chi connectivity index (χ3v) is 4.97. The molecule has 0 saturated heterocycles. The van der Waals surface area contributed by atoms with Crippen molar-refractivity contribution < 1.29 is 24.1 Å². The standard InChI is InChI=1S/C26H28O5/c1-29-26(28)17-22-12-13-23(16-24(22)27)25(31-19-21-10-6-3-7-11-21)14-15-30-18-20-8-4-2-5-9-20/h2-13,16,25,27H,14-15,17-19H2,1H3. The van der Waals surface area contributed by atoms with Crippen LogP contribution in [-0.4, -0.2) is 24.8 Å². The normalized spacial score (nSPS) is 11.8. The predicted molar refractivity (Wildman–Crippen MR) is 119 cm³/mol. The number of rotatable bonds is 11. The first-order valence-corrected chi connectivity index (χ1v) is 10.3. The van der Waals surface area contributed by atoms with E-state index in [0.29, 0.717) is 31.8 Å². The molecule has 162 valence electrons. The van der Waals surface area contributed by atoms with Crippen molar-refractivity contribution in [2.75, 3.05) is 13.7 Å². The number of phenols is 1. The third-order valence-electron chi connectivity index (χ3n) is 4.97. The average Bonchev–Trinajstić information content (AvgIpc) is 2.81. The maximum atomic E-state index is 11.5. The SMILES string of the molecule is COC(=O)Cc1ccc(C(CCOCc2ccccc2)OCc2ccccc2)cc1O. The van der Waals surface area contributed by atoms with Crippen molar-refractivity contribution in [2.24, 2.45) is 0 Å². The zero-order valence-corrected chi connectivity index (χ0v) is 17.7. The lowest BCUT2D eigenvalue weighted by Crippen LogP contribution is -2.10. The van der Waals surface area contributed by atoms with Gasteiger partial charge in [-0.3, -0.25) is 4.79 Å². The Morgan fingerprint density at radius 2 is 1.55 bits per heavy atom. The lowest BCUT2D eigenvalue weighted by molar-refractivity contribution is -0.139. The molecule has 3 aromatic carbocycles. The van der Waals surface area contributed by atoms with E-state index in [1.165, 1.54) is 7.11 Å². The summed E-state index contributed by atoms with van der Waals surface area (Å²) in [4.78, 5) is 11.5. The molecule has 0 amide bonds. The van der Waals surface area contributed by atoms with Crippen LogP contribution in [0.25, 0.3) is 0 Å². The van der Waals surface area contributed by atoms with Gasteiger partial charge in [0.2, 0.25) is 0 Å². The fourth-order valence-electron chi connectivity index (χ4n) is 3.23. The Kier molecular flexibility index (Phi) is 8.64. The molecule has 0 aromatic heterocycles. The lowest BCUT2D eigenvalue weighted by atomic mass is 10.0. The molecule has 3 rings (SSSR count). The molecule has 0 aliphatic rings. The number of methoxy groups -OCH3 is 1. The molecule has 0 saturated carbocycles. The summed E-state index contributed by atoms with van der Waals surface area (Å²) >= 11 is 0. The molecular formula is C26H28O5. The highest BCUT2D eigenvalue weighted by molar-refractivity contribution is 5.73. The maximum absolute atomic E-state index is 11.5. The van der Waals surface area contributed by atoms with E-state index in [0.717, 1.165) is 16.7 Å². The monoisotopic (exact) mass is 420 g/mol. The summed E-state index contributed by atoms with van der Waals surface area (Å²) in [6.07, 6.45) is 0.405. The Balaban J connectivity index is 1.65. The van der Waals surface area contributed by atoms with Crippen LogP contribution >= 0.6 is 0 Å². The molecule has 0 aliphatic carbocycles. The highest BCUT2D eigenvalue weighted by Crippen LogP contribution is 2.28. The van der Waals surface area contributed by atoms with Gasteiger partial charge in [0.05, 0.1) is 32.8 Å². The van der Waals surface area contributed by atoms with Crippen LogP contribution in [0.2, 0.25) is 0 Å². The Labute approximate surface area is 183 Å². The Morgan fingerprint density at radius 1 is 0.903 bits per heavy atom. The molecule has 0 radical (unpaired) electrons. The third kappa shape index (κ3) is 7.24. The van der Waals surface area contributed by atoms with E-state index in [2.05, 4.69) is 4.74 Å². The minimum absolute atomic E-state index is 0.0261. The van der Waals surface area contributed by atoms with E-state index in [1.54, 1.807) is 12.1 Å². The molecule has 0 spiro atoms. The van der Waals surface area contributed by atoms with Crippen LogP contribution in [0, 0.1) is 0 Å². The maximum Gasteiger partial charge on any atom is 0.310 e. The summed E-state index contributed by atoms with van der Waals surface area (Å²) < 4.78 is 16.7. The molecule has 0 fully saturated rings. The van der Waals surface area contributed by atoms with E-state index >= 15 is 0 Å². The Morgan fingerprint density at radius 3 is 2.16 bits per heavy atom. The van der Waals surface area contributed by atoms with Crippen molar-refractivity contribution >= 4 is 5.97 Å². The molecule has 0 heterocycles. The fourth-order valence-corrected chi connectivity index (χ4v) is 3.23. The first-order chi connectivity index (χ1) is 15.2. The van der Waals surface area contributed by atoms with Crippen LogP contribution in [0.15, 0.2) is 78.9 Å². The van der Waals surface area contributed by atoms with Crippen LogP contribution in [0.5, 0.6) is 5.75 Å². The minimum atomic E-state index is -0.394. The van der Waals surface area contributed by atoms with Crippen LogP contribution in [0.1, 0.15) is 34.8 Å². The number of phenolic OH excluding ortho intramolecular Hbond substituents is 1. The van der Waals surface area contributed by atoms with Crippen molar-refractivity contribution in [1.82, 2.24) is 0 Å². The summed E-state index contributed by atoms with van der Waals surface area (Å²) in [5.41, 5.74) is 3.56. The second-order valence-corrected chi connectivity index (χ2v) is 7.25. The summed E-state index contributed by atoms with van der Waals surface area (Å²) in [5, 5.41) is 10.4. The van der Waals surface area contributed by atoms with Crippen LogP contribution in [-0.2, 0) is 38.6 Å². The largest absolute Gasteiger partial charge is 0.508 e. The fraction of sp³-hybridized carbons (Fsp3) is 0.269. The molecule has 0 bridgehead atoms. The van der Waals surface area contributed by atoms with E-state index in [9.17, 15) is 9.90 Å². The second-order valence-electron chi connectivity index (χ2n) is 7.25. The highest BCUT2D eigenvalue weighted by Gasteiger charge is 2.16. The molecule has 31 heavy (non-hydrogen) atoms. The number of ether oxygens (including phenoxy) is 3. The van der Waals surface area contributed by atoms with Crippen LogP contribution < -0.4 is 0 Å². The quantitative estimate of drug-likeness (QED) is 0.350. The topological polar surface area (TPSA) is 65.0 Å². The van der Waals surface area contributed by atoms with Crippen molar-refractivity contribution in [3.05, 3.63) is 101 Å². The predicted octanol–water partition coefficient (Wildman–Crippen LogP) is 4.97. The molecule has 5 nitrogen and oxygen atoms in total. The average molecular weight is 421 g/mol. The number of carbonyl (C=O) groups excluding carboxylic acids is 1. The molecule has 1 N–H and O–H groups in total. The van der Waals surface area contributed by atoms with Gasteiger partial charge in [0.25, 0.3) is 0 Å². The number of aromatic hydroxyl groups is 1. The van der Waals surface area contributed by atoms with Crippen molar-refractivity contribution in [3.8, 4) is 5.75 Å². The van der Waals surface area contributed by atoms with Gasteiger partial charge in [0, 0.05) is 18.6 Å². The van der Waals surface area contributed by atoms with Crippen molar-refractivity contribution in [1.29, 1.82) is 0 Å². The smallest absolute Gasteiger partial charge is 0.310 e. The number of hydrogen-bond acceptors (Lipinski definition) is 5. The lowest BCUT2D eigenvalue weighted by Gasteiger charge is -2.20. The highest BCUT2D eigenvalue weighted by atomic mass is 16.5. The van der Waals surface area contributed by atoms with Gasteiger partial charge in [0.1, 0.15) is 5.75 Å². The number of hydrogen-bond donors (Lipinski definition) is 1. The number of benzene rings is 3. The van der Waals surface area contributed by atoms with Gasteiger partial charge in [-0.15, -0.1) is 0 Å². The van der Waals surface area contributed by atoms with E-state index in [4.69, 9.17) is 9.47 Å².